The maximum absolute atomic E-state index is 5.72. The third-order valence-corrected chi connectivity index (χ3v) is 4.57. The molecule has 1 aliphatic heterocycles. The molecule has 1 heterocycles. The van der Waals surface area contributed by atoms with Crippen LogP contribution in [0.15, 0.2) is 4.99 Å². The molecule has 1 atom stereocenters. The molecule has 26 heavy (non-hydrogen) atoms. The van der Waals surface area contributed by atoms with E-state index in [-0.39, 0.29) is 24.0 Å². The Balaban J connectivity index is 0.00000625. The number of aliphatic imine (C=N–C) groups is 1. The molecule has 156 valence electrons. The van der Waals surface area contributed by atoms with E-state index in [2.05, 4.69) is 48.2 Å². The van der Waals surface area contributed by atoms with E-state index in [9.17, 15) is 0 Å². The lowest BCUT2D eigenvalue weighted by Crippen LogP contribution is -2.41. The Labute approximate surface area is 177 Å². The smallest absolute Gasteiger partial charge is 0.190 e. The van der Waals surface area contributed by atoms with Gasteiger partial charge in [0.2, 0.25) is 0 Å². The molecule has 1 rings (SSSR count). The van der Waals surface area contributed by atoms with Crippen LogP contribution in [0, 0.1) is 5.92 Å². The Morgan fingerprint density at radius 3 is 2.35 bits per heavy atom. The van der Waals surface area contributed by atoms with Crippen molar-refractivity contribution >= 4 is 29.9 Å². The van der Waals surface area contributed by atoms with E-state index in [1.807, 2.05) is 7.05 Å². The first-order chi connectivity index (χ1) is 12.0. The van der Waals surface area contributed by atoms with Crippen molar-refractivity contribution in [3.63, 3.8) is 0 Å². The minimum Gasteiger partial charge on any atom is -0.381 e. The summed E-state index contributed by atoms with van der Waals surface area (Å²) in [6, 6.07) is 1.18. The van der Waals surface area contributed by atoms with E-state index < -0.39 is 0 Å². The zero-order chi connectivity index (χ0) is 18.5. The minimum atomic E-state index is 0. The minimum absolute atomic E-state index is 0. The van der Waals surface area contributed by atoms with Crippen LogP contribution in [0.25, 0.3) is 0 Å². The second-order valence-corrected chi connectivity index (χ2v) is 7.36. The number of nitrogens with zero attached hydrogens (tertiary/aromatic N) is 2. The van der Waals surface area contributed by atoms with Gasteiger partial charge in [0.1, 0.15) is 0 Å². The number of ether oxygens (including phenoxy) is 2. The maximum Gasteiger partial charge on any atom is 0.190 e. The van der Waals surface area contributed by atoms with Gasteiger partial charge in [0.05, 0.1) is 13.2 Å². The first-order valence-electron chi connectivity index (χ1n) is 9.90. The number of nitrogens with one attached hydrogen (secondary N) is 2. The van der Waals surface area contributed by atoms with Crippen molar-refractivity contribution in [2.75, 3.05) is 53.1 Å². The van der Waals surface area contributed by atoms with Gasteiger partial charge in [-0.05, 0) is 47.0 Å². The Bertz CT molecular complexity index is 353. The van der Waals surface area contributed by atoms with Crippen LogP contribution in [0.5, 0.6) is 0 Å². The molecule has 0 radical (unpaired) electrons. The molecule has 0 saturated carbocycles. The summed E-state index contributed by atoms with van der Waals surface area (Å²) in [4.78, 5) is 6.80. The molecule has 0 aromatic carbocycles. The van der Waals surface area contributed by atoms with Crippen molar-refractivity contribution in [1.29, 1.82) is 0 Å². The highest BCUT2D eigenvalue weighted by Crippen LogP contribution is 2.12. The first kappa shape index (κ1) is 25.9. The van der Waals surface area contributed by atoms with Gasteiger partial charge in [0, 0.05) is 57.9 Å². The zero-order valence-corrected chi connectivity index (χ0v) is 19.8. The van der Waals surface area contributed by atoms with E-state index in [4.69, 9.17) is 9.47 Å². The Morgan fingerprint density at radius 2 is 1.81 bits per heavy atom. The number of guanidine groups is 1. The summed E-state index contributed by atoms with van der Waals surface area (Å²) in [6.07, 6.45) is 3.24. The molecule has 0 aromatic heterocycles. The molecule has 1 fully saturated rings. The first-order valence-corrected chi connectivity index (χ1v) is 9.90. The van der Waals surface area contributed by atoms with E-state index in [1.165, 1.54) is 0 Å². The average molecular weight is 484 g/mol. The van der Waals surface area contributed by atoms with Crippen LogP contribution >= 0.6 is 24.0 Å². The van der Waals surface area contributed by atoms with E-state index in [1.54, 1.807) is 0 Å². The summed E-state index contributed by atoms with van der Waals surface area (Å²) in [5, 5.41) is 6.75. The largest absolute Gasteiger partial charge is 0.381 e. The number of rotatable bonds is 12. The number of halogens is 1. The Hall–Kier alpha value is -0.120. The highest BCUT2D eigenvalue weighted by Gasteiger charge is 2.15. The molecular weight excluding hydrogens is 443 g/mol. The quantitative estimate of drug-likeness (QED) is 0.193. The number of hydrogen-bond donors (Lipinski definition) is 2. The molecular formula is C19H41IN4O2. The Morgan fingerprint density at radius 1 is 1.15 bits per heavy atom. The van der Waals surface area contributed by atoms with Gasteiger partial charge in [0.25, 0.3) is 0 Å². The monoisotopic (exact) mass is 484 g/mol. The predicted octanol–water partition coefficient (Wildman–Crippen LogP) is 2.72. The summed E-state index contributed by atoms with van der Waals surface area (Å²) in [5.74, 6) is 1.48. The maximum atomic E-state index is 5.72. The highest BCUT2D eigenvalue weighted by atomic mass is 127. The zero-order valence-electron chi connectivity index (χ0n) is 17.4. The van der Waals surface area contributed by atoms with Crippen molar-refractivity contribution in [2.45, 2.75) is 59.0 Å². The average Bonchev–Trinajstić information content (AvgIpc) is 3.08. The molecule has 1 saturated heterocycles. The van der Waals surface area contributed by atoms with Gasteiger partial charge in [-0.15, -0.1) is 24.0 Å². The second-order valence-electron chi connectivity index (χ2n) is 7.36. The summed E-state index contributed by atoms with van der Waals surface area (Å²) in [6.45, 7) is 15.3. The van der Waals surface area contributed by atoms with E-state index in [0.29, 0.717) is 18.0 Å². The third kappa shape index (κ3) is 11.6. The van der Waals surface area contributed by atoms with Crippen LogP contribution in [0.3, 0.4) is 0 Å². The van der Waals surface area contributed by atoms with Crippen LogP contribution in [0.4, 0.5) is 0 Å². The number of hydrogen-bond acceptors (Lipinski definition) is 4. The van der Waals surface area contributed by atoms with Crippen LogP contribution in [0.2, 0.25) is 0 Å². The fraction of sp³-hybridized carbons (Fsp3) is 0.947. The lowest BCUT2D eigenvalue weighted by molar-refractivity contribution is 0.0888. The normalized spacial score (nSPS) is 17.8. The molecule has 0 spiro atoms. The van der Waals surface area contributed by atoms with Crippen molar-refractivity contribution in [3.8, 4) is 0 Å². The summed E-state index contributed by atoms with van der Waals surface area (Å²) in [5.41, 5.74) is 0. The fourth-order valence-electron chi connectivity index (χ4n) is 3.15. The van der Waals surface area contributed by atoms with Gasteiger partial charge >= 0.3 is 0 Å². The summed E-state index contributed by atoms with van der Waals surface area (Å²) < 4.78 is 11.1. The lowest BCUT2D eigenvalue weighted by Gasteiger charge is -2.30. The van der Waals surface area contributed by atoms with E-state index >= 15 is 0 Å². The van der Waals surface area contributed by atoms with Crippen molar-refractivity contribution in [3.05, 3.63) is 0 Å². The Kier molecular flexibility index (Phi) is 15.8. The van der Waals surface area contributed by atoms with Gasteiger partial charge in [-0.2, -0.15) is 0 Å². The molecule has 6 nitrogen and oxygen atoms in total. The molecule has 1 unspecified atom stereocenters. The SMILES string of the molecule is CN=C(NCCCOCC1CCOC1)NCCCN(C(C)C)C(C)C.I. The molecule has 1 aliphatic rings. The summed E-state index contributed by atoms with van der Waals surface area (Å²) in [7, 11) is 1.82. The molecule has 0 amide bonds. The molecule has 0 aromatic rings. The standard InChI is InChI=1S/C19H40N4O2.HI/c1-16(2)23(17(3)4)11-6-9-21-19(20-5)22-10-7-12-24-14-18-8-13-25-15-18;/h16-18H,6-15H2,1-5H3,(H2,20,21,22);1H. The van der Waals surface area contributed by atoms with Gasteiger partial charge in [-0.25, -0.2) is 0 Å². The molecule has 0 aliphatic carbocycles. The third-order valence-electron chi connectivity index (χ3n) is 4.57. The second kappa shape index (κ2) is 15.9. The molecule has 2 N–H and O–H groups in total. The van der Waals surface area contributed by atoms with Crippen molar-refractivity contribution in [2.24, 2.45) is 10.9 Å². The lowest BCUT2D eigenvalue weighted by atomic mass is 10.1. The van der Waals surface area contributed by atoms with Crippen molar-refractivity contribution < 1.29 is 9.47 Å². The van der Waals surface area contributed by atoms with Crippen molar-refractivity contribution in [1.82, 2.24) is 15.5 Å². The van der Waals surface area contributed by atoms with Crippen LogP contribution in [-0.2, 0) is 9.47 Å². The molecule has 7 heteroatoms. The molecule has 0 bridgehead atoms. The topological polar surface area (TPSA) is 58.1 Å². The highest BCUT2D eigenvalue weighted by molar-refractivity contribution is 14.0. The van der Waals surface area contributed by atoms with Crippen LogP contribution in [-0.4, -0.2) is 76.1 Å². The van der Waals surface area contributed by atoms with Crippen LogP contribution < -0.4 is 10.6 Å². The van der Waals surface area contributed by atoms with Crippen LogP contribution in [0.1, 0.15) is 47.0 Å². The van der Waals surface area contributed by atoms with Gasteiger partial charge in [0.15, 0.2) is 5.96 Å². The summed E-state index contributed by atoms with van der Waals surface area (Å²) >= 11 is 0. The van der Waals surface area contributed by atoms with Gasteiger partial charge in [-0.1, -0.05) is 0 Å². The van der Waals surface area contributed by atoms with Gasteiger partial charge in [-0.3, -0.25) is 9.89 Å². The van der Waals surface area contributed by atoms with Gasteiger partial charge < -0.3 is 20.1 Å². The predicted molar refractivity (Wildman–Crippen MR) is 121 cm³/mol. The fourth-order valence-corrected chi connectivity index (χ4v) is 3.15. The van der Waals surface area contributed by atoms with E-state index in [0.717, 1.165) is 71.3 Å².